The molecule has 7 heteroatoms. The van der Waals surface area contributed by atoms with Crippen molar-refractivity contribution in [1.82, 2.24) is 20.3 Å². The Morgan fingerprint density at radius 1 is 1.14 bits per heavy atom. The van der Waals surface area contributed by atoms with Crippen LogP contribution in [-0.4, -0.2) is 40.2 Å². The van der Waals surface area contributed by atoms with Crippen molar-refractivity contribution in [2.24, 2.45) is 0 Å². The molecule has 0 saturated carbocycles. The molecule has 2 heterocycles. The summed E-state index contributed by atoms with van der Waals surface area (Å²) in [4.78, 5) is 29.1. The maximum atomic E-state index is 13.1. The van der Waals surface area contributed by atoms with Gasteiger partial charge in [0.2, 0.25) is 6.23 Å². The standard InChI is InChI=1S/C21H24N4O3/c1-15(23-13-18-11-7-8-12-22-18)19-20(27)25(14-17-9-5-4-6-10-17)24(3)21(19)28-16(2)26/h4-12,21,23H,13-14H2,1-3H3. The van der Waals surface area contributed by atoms with E-state index in [2.05, 4.69) is 10.3 Å². The molecule has 1 amide bonds. The maximum absolute atomic E-state index is 13.1. The highest BCUT2D eigenvalue weighted by Gasteiger charge is 2.43. The highest BCUT2D eigenvalue weighted by Crippen LogP contribution is 2.28. The van der Waals surface area contributed by atoms with Crippen LogP contribution >= 0.6 is 0 Å². The van der Waals surface area contributed by atoms with Crippen LogP contribution in [-0.2, 0) is 27.4 Å². The van der Waals surface area contributed by atoms with Gasteiger partial charge in [0.25, 0.3) is 5.91 Å². The Bertz CT molecular complexity index is 868. The molecule has 1 atom stereocenters. The summed E-state index contributed by atoms with van der Waals surface area (Å²) in [5.74, 6) is -0.634. The minimum atomic E-state index is -0.773. The van der Waals surface area contributed by atoms with E-state index in [9.17, 15) is 9.59 Å². The number of rotatable bonds is 6. The molecule has 3 rings (SSSR count). The number of hydrazine groups is 1. The molecule has 28 heavy (non-hydrogen) atoms. The topological polar surface area (TPSA) is 74.8 Å². The Morgan fingerprint density at radius 2 is 1.86 bits per heavy atom. The van der Waals surface area contributed by atoms with E-state index in [1.54, 1.807) is 23.3 Å². The average molecular weight is 380 g/mol. The van der Waals surface area contributed by atoms with Crippen LogP contribution in [0.5, 0.6) is 0 Å². The van der Waals surface area contributed by atoms with Crippen molar-refractivity contribution in [3.63, 3.8) is 0 Å². The molecular formula is C21H24N4O3. The number of esters is 1. The number of likely N-dealkylation sites (N-methyl/N-ethyl adjacent to an activating group) is 1. The van der Waals surface area contributed by atoms with Crippen molar-refractivity contribution in [2.45, 2.75) is 33.2 Å². The first-order valence-corrected chi connectivity index (χ1v) is 9.07. The second-order valence-corrected chi connectivity index (χ2v) is 6.60. The summed E-state index contributed by atoms with van der Waals surface area (Å²) in [7, 11) is 1.74. The number of nitrogens with zero attached hydrogens (tertiary/aromatic N) is 3. The minimum absolute atomic E-state index is 0.191. The van der Waals surface area contributed by atoms with Gasteiger partial charge in [-0.3, -0.25) is 19.6 Å². The highest BCUT2D eigenvalue weighted by atomic mass is 16.6. The fraction of sp³-hybridized carbons (Fsp3) is 0.286. The second kappa shape index (κ2) is 8.67. The molecule has 1 fully saturated rings. The molecule has 1 saturated heterocycles. The Labute approximate surface area is 164 Å². The first-order valence-electron chi connectivity index (χ1n) is 9.07. The lowest BCUT2D eigenvalue weighted by Crippen LogP contribution is -2.40. The van der Waals surface area contributed by atoms with Gasteiger partial charge in [0, 0.05) is 25.9 Å². The SMILES string of the molecule is CC(=O)OC1C(=C(C)NCc2ccccn2)C(=O)N(Cc2ccccc2)N1C. The van der Waals surface area contributed by atoms with Crippen LogP contribution in [0.2, 0.25) is 0 Å². The average Bonchev–Trinajstić information content (AvgIpc) is 2.91. The molecule has 1 unspecified atom stereocenters. The van der Waals surface area contributed by atoms with Gasteiger partial charge in [0.05, 0.1) is 24.4 Å². The van der Waals surface area contributed by atoms with Gasteiger partial charge in [-0.2, -0.15) is 5.01 Å². The summed E-state index contributed by atoms with van der Waals surface area (Å²) in [6, 6.07) is 15.3. The van der Waals surface area contributed by atoms with Crippen LogP contribution in [0.25, 0.3) is 0 Å². The zero-order chi connectivity index (χ0) is 20.1. The van der Waals surface area contributed by atoms with Crippen LogP contribution in [0.3, 0.4) is 0 Å². The number of carbonyl (C=O) groups excluding carboxylic acids is 2. The number of hydrogen-bond acceptors (Lipinski definition) is 6. The second-order valence-electron chi connectivity index (χ2n) is 6.60. The van der Waals surface area contributed by atoms with Crippen molar-refractivity contribution in [3.05, 3.63) is 77.3 Å². The summed E-state index contributed by atoms with van der Waals surface area (Å²) < 4.78 is 5.46. The fourth-order valence-electron chi connectivity index (χ4n) is 3.10. The number of pyridine rings is 1. The molecule has 0 aliphatic carbocycles. The van der Waals surface area contributed by atoms with Gasteiger partial charge in [-0.1, -0.05) is 36.4 Å². The lowest BCUT2D eigenvalue weighted by molar-refractivity contribution is -0.163. The third-order valence-electron chi connectivity index (χ3n) is 4.55. The lowest BCUT2D eigenvalue weighted by Gasteiger charge is -2.27. The van der Waals surface area contributed by atoms with E-state index < -0.39 is 12.2 Å². The summed E-state index contributed by atoms with van der Waals surface area (Å²) >= 11 is 0. The van der Waals surface area contributed by atoms with Gasteiger partial charge in [0.15, 0.2) is 0 Å². The molecule has 0 radical (unpaired) electrons. The number of aromatic nitrogens is 1. The summed E-state index contributed by atoms with van der Waals surface area (Å²) in [5.41, 5.74) is 2.92. The van der Waals surface area contributed by atoms with Crippen molar-refractivity contribution in [3.8, 4) is 0 Å². The molecule has 1 aromatic heterocycles. The third kappa shape index (κ3) is 4.37. The van der Waals surface area contributed by atoms with E-state index in [1.807, 2.05) is 55.5 Å². The summed E-state index contributed by atoms with van der Waals surface area (Å²) in [6.45, 7) is 4.02. The van der Waals surface area contributed by atoms with Gasteiger partial charge < -0.3 is 10.1 Å². The quantitative estimate of drug-likeness (QED) is 0.612. The molecule has 1 aromatic carbocycles. The van der Waals surface area contributed by atoms with E-state index in [1.165, 1.54) is 6.92 Å². The van der Waals surface area contributed by atoms with E-state index >= 15 is 0 Å². The molecule has 1 aliphatic rings. The first kappa shape index (κ1) is 19.6. The fourth-order valence-corrected chi connectivity index (χ4v) is 3.10. The third-order valence-corrected chi connectivity index (χ3v) is 4.55. The number of allylic oxidation sites excluding steroid dienone is 1. The zero-order valence-corrected chi connectivity index (χ0v) is 16.3. The van der Waals surface area contributed by atoms with Crippen LogP contribution in [0.4, 0.5) is 0 Å². The van der Waals surface area contributed by atoms with E-state index in [0.717, 1.165) is 11.3 Å². The number of hydrogen-bond donors (Lipinski definition) is 1. The van der Waals surface area contributed by atoms with Gasteiger partial charge in [-0.25, -0.2) is 0 Å². The Morgan fingerprint density at radius 3 is 2.50 bits per heavy atom. The number of amides is 1. The predicted molar refractivity (Wildman–Crippen MR) is 104 cm³/mol. The molecule has 2 aromatic rings. The first-order chi connectivity index (χ1) is 13.5. The largest absolute Gasteiger partial charge is 0.440 e. The Kier molecular flexibility index (Phi) is 6.06. The molecule has 0 bridgehead atoms. The zero-order valence-electron chi connectivity index (χ0n) is 16.3. The van der Waals surface area contributed by atoms with Crippen LogP contribution in [0, 0.1) is 0 Å². The maximum Gasteiger partial charge on any atom is 0.304 e. The molecule has 146 valence electrons. The van der Waals surface area contributed by atoms with Gasteiger partial charge in [-0.05, 0) is 24.6 Å². The number of benzene rings is 1. The molecular weight excluding hydrogens is 356 g/mol. The van der Waals surface area contributed by atoms with E-state index in [0.29, 0.717) is 24.4 Å². The van der Waals surface area contributed by atoms with Gasteiger partial charge in [-0.15, -0.1) is 0 Å². The monoisotopic (exact) mass is 380 g/mol. The molecule has 0 spiro atoms. The number of carbonyl (C=O) groups is 2. The Balaban J connectivity index is 1.85. The summed E-state index contributed by atoms with van der Waals surface area (Å²) in [5, 5.41) is 6.48. The van der Waals surface area contributed by atoms with Crippen LogP contribution < -0.4 is 5.32 Å². The highest BCUT2D eigenvalue weighted by molar-refractivity contribution is 5.97. The van der Waals surface area contributed by atoms with E-state index in [-0.39, 0.29) is 5.91 Å². The van der Waals surface area contributed by atoms with Crippen molar-refractivity contribution >= 4 is 11.9 Å². The predicted octanol–water partition coefficient (Wildman–Crippen LogP) is 2.22. The minimum Gasteiger partial charge on any atom is -0.440 e. The van der Waals surface area contributed by atoms with Crippen molar-refractivity contribution in [2.75, 3.05) is 7.05 Å². The van der Waals surface area contributed by atoms with Crippen LogP contribution in [0.1, 0.15) is 25.1 Å². The molecule has 1 aliphatic heterocycles. The lowest BCUT2D eigenvalue weighted by atomic mass is 10.1. The number of ether oxygens (including phenoxy) is 1. The smallest absolute Gasteiger partial charge is 0.304 e. The Hall–Kier alpha value is -3.19. The van der Waals surface area contributed by atoms with Crippen LogP contribution in [0.15, 0.2) is 66.0 Å². The van der Waals surface area contributed by atoms with Crippen molar-refractivity contribution in [1.29, 1.82) is 0 Å². The number of nitrogens with one attached hydrogen (secondary N) is 1. The van der Waals surface area contributed by atoms with Gasteiger partial charge >= 0.3 is 5.97 Å². The summed E-state index contributed by atoms with van der Waals surface area (Å²) in [6.07, 6.45) is 0.946. The van der Waals surface area contributed by atoms with E-state index in [4.69, 9.17) is 4.74 Å². The van der Waals surface area contributed by atoms with Gasteiger partial charge in [0.1, 0.15) is 0 Å². The normalized spacial score (nSPS) is 18.9. The van der Waals surface area contributed by atoms with Crippen molar-refractivity contribution < 1.29 is 14.3 Å². The molecule has 7 nitrogen and oxygen atoms in total. The molecule has 1 N–H and O–H groups in total.